The molecule has 2 amide bonds. The Bertz CT molecular complexity index is 1410. The molecule has 4 aliphatic rings. The Morgan fingerprint density at radius 2 is 1.36 bits per heavy atom. The molecule has 2 saturated carbocycles. The summed E-state index contributed by atoms with van der Waals surface area (Å²) >= 11 is 0. The Labute approximate surface area is 341 Å². The third-order valence-electron chi connectivity index (χ3n) is 8.12. The van der Waals surface area contributed by atoms with Crippen molar-refractivity contribution in [2.24, 2.45) is 5.92 Å². The molecule has 0 N–H and O–H groups in total. The Morgan fingerprint density at radius 3 is 1.79 bits per heavy atom. The van der Waals surface area contributed by atoms with Crippen LogP contribution in [0.2, 0.25) is 0 Å². The van der Waals surface area contributed by atoms with Crippen LogP contribution in [0.5, 0.6) is 0 Å². The third kappa shape index (κ3) is 20.2. The maximum absolute atomic E-state index is 13.1. The van der Waals surface area contributed by atoms with Crippen LogP contribution < -0.4 is 17.0 Å². The van der Waals surface area contributed by atoms with Crippen molar-refractivity contribution in [1.82, 2.24) is 4.90 Å². The van der Waals surface area contributed by atoms with Gasteiger partial charge in [0.05, 0.1) is 12.5 Å². The van der Waals surface area contributed by atoms with E-state index < -0.39 is 17.3 Å². The Morgan fingerprint density at radius 1 is 0.849 bits per heavy atom. The summed E-state index contributed by atoms with van der Waals surface area (Å²) in [5.41, 5.74) is 0.422. The fourth-order valence-electron chi connectivity index (χ4n) is 5.37. The van der Waals surface area contributed by atoms with Crippen molar-refractivity contribution >= 4 is 46.8 Å². The molecule has 6 rings (SSSR count). The van der Waals surface area contributed by atoms with Crippen LogP contribution in [0.4, 0.5) is 13.6 Å². The standard InChI is InChI=1S/C19H25FO3.C15H18FNO3.C4H8O.C3H5.BrH.Mg/c1-19(2,3)23-18(22)12-15(8-11-17(21)14-4-5-14)13-6-9-16(20)10-7-13;1-15(2,3)20-14(19)17-12(8-9-13(17)18)10-4-6-11(16)7-5-10;1-2-4-5-3-1;1-2-3-1;;/h6-7,9-10,14-15H,4-5,8,11-12H2,1-3H3;4-7,12H,8-9H2,1-3H3;1-4H2;1H,2-3H2;1H;/q;;;-1;;+2/p-1/t15-;12-;;;;/m10..../s1. The molecule has 290 valence electrons. The number of Topliss-reactive ketones (excluding diaryl/α,β-unsaturated/α-hetero) is 1. The maximum atomic E-state index is 13.1. The van der Waals surface area contributed by atoms with Gasteiger partial charge in [0.25, 0.3) is 0 Å². The van der Waals surface area contributed by atoms with Gasteiger partial charge in [-0.15, -0.1) is 0 Å². The number of benzene rings is 2. The van der Waals surface area contributed by atoms with E-state index in [1.807, 2.05) is 20.8 Å². The fourth-order valence-corrected chi connectivity index (χ4v) is 5.37. The molecule has 0 bridgehead atoms. The summed E-state index contributed by atoms with van der Waals surface area (Å²) in [6.45, 7) is 12.7. The first-order valence-electron chi connectivity index (χ1n) is 18.2. The van der Waals surface area contributed by atoms with Crippen molar-refractivity contribution in [3.63, 3.8) is 0 Å². The minimum Gasteiger partial charge on any atom is -1.00 e. The van der Waals surface area contributed by atoms with Gasteiger partial charge in [-0.2, -0.15) is 0 Å². The summed E-state index contributed by atoms with van der Waals surface area (Å²) in [5, 5.41) is 0. The summed E-state index contributed by atoms with van der Waals surface area (Å²) in [6.07, 6.45) is 11.0. The van der Waals surface area contributed by atoms with Gasteiger partial charge in [0.2, 0.25) is 5.91 Å². The molecular formula is C41H56BrF2MgNO7. The second-order valence-corrected chi connectivity index (χ2v) is 15.4. The second kappa shape index (κ2) is 23.5. The predicted molar refractivity (Wildman–Crippen MR) is 197 cm³/mol. The zero-order valence-electron chi connectivity index (χ0n) is 32.3. The zero-order chi connectivity index (χ0) is 37.6. The van der Waals surface area contributed by atoms with Crippen LogP contribution in [0.25, 0.3) is 0 Å². The first kappa shape index (κ1) is 48.6. The molecule has 0 aromatic heterocycles. The average molecular weight is 817 g/mol. The minimum absolute atomic E-state index is 0. The fraction of sp³-hybridized carbons (Fsp3) is 0.585. The normalized spacial score (nSPS) is 17.8. The van der Waals surface area contributed by atoms with E-state index in [1.54, 1.807) is 45.0 Å². The monoisotopic (exact) mass is 815 g/mol. The number of nitrogens with zero attached hydrogens (tertiary/aromatic N) is 1. The molecule has 2 aromatic rings. The Hall–Kier alpha value is -2.41. The SMILES string of the molecule is C1CCOC1.CC(C)(C)OC(=O)C[C@@H](CCC(=O)C1CC1)c1ccc(F)cc1.CC(C)(C)OC(=O)N1C(=O)CC[C@H]1c1ccc(F)cc1.[Br-].[CH-]1CC1.[Mg+2]. The average Bonchev–Trinajstić information content (AvgIpc) is 4.00. The molecule has 2 aromatic carbocycles. The van der Waals surface area contributed by atoms with Gasteiger partial charge < -0.3 is 37.6 Å². The first-order chi connectivity index (χ1) is 24.0. The van der Waals surface area contributed by atoms with E-state index in [4.69, 9.17) is 14.2 Å². The van der Waals surface area contributed by atoms with Crippen LogP contribution >= 0.6 is 0 Å². The quantitative estimate of drug-likeness (QED) is 0.177. The molecule has 2 atom stereocenters. The number of halogens is 3. The molecule has 2 aliphatic carbocycles. The van der Waals surface area contributed by atoms with Gasteiger partial charge >= 0.3 is 35.1 Å². The minimum atomic E-state index is -0.659. The molecule has 53 heavy (non-hydrogen) atoms. The number of carbonyl (C=O) groups is 4. The van der Waals surface area contributed by atoms with Crippen molar-refractivity contribution in [2.75, 3.05) is 13.2 Å². The number of carbonyl (C=O) groups excluding carboxylic acids is 4. The molecule has 2 aliphatic heterocycles. The molecule has 0 radical (unpaired) electrons. The Balaban J connectivity index is 0.000000424. The van der Waals surface area contributed by atoms with E-state index in [1.165, 1.54) is 49.9 Å². The zero-order valence-corrected chi connectivity index (χ0v) is 35.3. The van der Waals surface area contributed by atoms with E-state index in [2.05, 4.69) is 6.42 Å². The summed E-state index contributed by atoms with van der Waals surface area (Å²) in [7, 11) is 0. The number of likely N-dealkylation sites (tertiary alicyclic amines) is 1. The van der Waals surface area contributed by atoms with E-state index in [0.717, 1.165) is 42.1 Å². The van der Waals surface area contributed by atoms with Crippen LogP contribution in [0, 0.1) is 24.0 Å². The number of hydrogen-bond acceptors (Lipinski definition) is 7. The largest absolute Gasteiger partial charge is 2.00 e. The number of rotatable bonds is 8. The van der Waals surface area contributed by atoms with Crippen molar-refractivity contribution in [3.8, 4) is 0 Å². The van der Waals surface area contributed by atoms with E-state index in [9.17, 15) is 28.0 Å². The number of hydrogen-bond donors (Lipinski definition) is 0. The van der Waals surface area contributed by atoms with Gasteiger partial charge in [-0.1, -0.05) is 24.3 Å². The van der Waals surface area contributed by atoms with Crippen LogP contribution in [-0.4, -0.2) is 76.1 Å². The van der Waals surface area contributed by atoms with Crippen LogP contribution in [0.3, 0.4) is 0 Å². The van der Waals surface area contributed by atoms with Gasteiger partial charge in [0, 0.05) is 32.0 Å². The number of imide groups is 1. The first-order valence-corrected chi connectivity index (χ1v) is 18.2. The molecule has 8 nitrogen and oxygen atoms in total. The summed E-state index contributed by atoms with van der Waals surface area (Å²) in [6, 6.07) is 11.6. The van der Waals surface area contributed by atoms with Gasteiger partial charge in [-0.25, -0.2) is 31.3 Å². The summed E-state index contributed by atoms with van der Waals surface area (Å²) in [5.74, 6) is -0.806. The van der Waals surface area contributed by atoms with E-state index >= 15 is 0 Å². The van der Waals surface area contributed by atoms with E-state index in [0.29, 0.717) is 25.7 Å². The summed E-state index contributed by atoms with van der Waals surface area (Å²) < 4.78 is 41.7. The number of esters is 1. The maximum Gasteiger partial charge on any atom is 2.00 e. The summed E-state index contributed by atoms with van der Waals surface area (Å²) in [4.78, 5) is 49.2. The predicted octanol–water partition coefficient (Wildman–Crippen LogP) is 6.23. The van der Waals surface area contributed by atoms with Crippen LogP contribution in [0.1, 0.15) is 135 Å². The number of ether oxygens (including phenoxy) is 3. The molecule has 12 heteroatoms. The van der Waals surface area contributed by atoms with E-state index in [-0.39, 0.29) is 93.6 Å². The molecule has 4 fully saturated rings. The molecule has 0 spiro atoms. The number of ketones is 1. The molecule has 2 saturated heterocycles. The Kier molecular flexibility index (Phi) is 21.5. The molecule has 0 unspecified atom stereocenters. The smallest absolute Gasteiger partial charge is 1.00 e. The van der Waals surface area contributed by atoms with Crippen molar-refractivity contribution < 1.29 is 59.2 Å². The van der Waals surface area contributed by atoms with Crippen molar-refractivity contribution in [1.29, 1.82) is 0 Å². The van der Waals surface area contributed by atoms with Crippen LogP contribution in [0.15, 0.2) is 48.5 Å². The van der Waals surface area contributed by atoms with Crippen molar-refractivity contribution in [2.45, 2.75) is 135 Å². The van der Waals surface area contributed by atoms with Gasteiger partial charge in [0.1, 0.15) is 28.6 Å². The molecule has 2 heterocycles. The second-order valence-electron chi connectivity index (χ2n) is 15.4. The van der Waals surface area contributed by atoms with Crippen LogP contribution in [-0.2, 0) is 28.6 Å². The topological polar surface area (TPSA) is 99.2 Å². The van der Waals surface area contributed by atoms with Crippen molar-refractivity contribution in [3.05, 3.63) is 77.7 Å². The third-order valence-corrected chi connectivity index (χ3v) is 8.12. The van der Waals surface area contributed by atoms with Gasteiger partial charge in [-0.3, -0.25) is 14.4 Å². The van der Waals surface area contributed by atoms with Gasteiger partial charge in [0.15, 0.2) is 0 Å². The number of amides is 2. The molecular weight excluding hydrogens is 761 g/mol. The van der Waals surface area contributed by atoms with Gasteiger partial charge in [-0.05, 0) is 121 Å².